The smallest absolute Gasteiger partial charge is 0.326 e. The van der Waals surface area contributed by atoms with Gasteiger partial charge in [0.2, 0.25) is 0 Å². The summed E-state index contributed by atoms with van der Waals surface area (Å²) < 4.78 is 57.8. The lowest BCUT2D eigenvalue weighted by Gasteiger charge is -2.13. The molecule has 0 aliphatic rings. The standard InChI is InChI=1S/C28H21F4N3/c1-17-22-13-14-24(26(29)27(22)35(34-17)21-6-4-5-18(15-21)16-33)20-11-9-19(10-12-20)23-7-2-3-8-25(23)28(30,31)32/h2-15H,16,33H2,1H3. The van der Waals surface area contributed by atoms with Gasteiger partial charge in [-0.3, -0.25) is 0 Å². The number of aromatic nitrogens is 2. The summed E-state index contributed by atoms with van der Waals surface area (Å²) in [5, 5.41) is 5.23. The number of halogens is 4. The predicted molar refractivity (Wildman–Crippen MR) is 130 cm³/mol. The average Bonchev–Trinajstić information content (AvgIpc) is 3.21. The van der Waals surface area contributed by atoms with E-state index in [0.717, 1.165) is 11.6 Å². The largest absolute Gasteiger partial charge is 0.417 e. The van der Waals surface area contributed by atoms with Crippen molar-refractivity contribution in [1.82, 2.24) is 9.78 Å². The first-order chi connectivity index (χ1) is 16.8. The van der Waals surface area contributed by atoms with Crippen molar-refractivity contribution in [3.8, 4) is 27.9 Å². The molecule has 1 aromatic heterocycles. The number of fused-ring (bicyclic) bond motifs is 1. The lowest BCUT2D eigenvalue weighted by Crippen LogP contribution is -2.06. The third kappa shape index (κ3) is 4.08. The minimum atomic E-state index is -4.47. The van der Waals surface area contributed by atoms with Crippen LogP contribution in [-0.4, -0.2) is 9.78 Å². The molecule has 0 spiro atoms. The van der Waals surface area contributed by atoms with Gasteiger partial charge < -0.3 is 5.73 Å². The van der Waals surface area contributed by atoms with Crippen LogP contribution in [0.15, 0.2) is 84.9 Å². The van der Waals surface area contributed by atoms with E-state index >= 15 is 4.39 Å². The molecule has 0 aliphatic carbocycles. The van der Waals surface area contributed by atoms with Crippen LogP contribution in [0.25, 0.3) is 38.8 Å². The predicted octanol–water partition coefficient (Wildman–Crippen LogP) is 7.28. The number of aryl methyl sites for hydroxylation is 1. The number of hydrogen-bond acceptors (Lipinski definition) is 2. The molecule has 0 unspecified atom stereocenters. The Morgan fingerprint density at radius 1 is 0.829 bits per heavy atom. The molecular formula is C28H21F4N3. The molecule has 0 bridgehead atoms. The molecule has 4 aromatic carbocycles. The summed E-state index contributed by atoms with van der Waals surface area (Å²) >= 11 is 0. The quantitative estimate of drug-likeness (QED) is 0.278. The maximum atomic E-state index is 15.9. The molecule has 0 saturated carbocycles. The van der Waals surface area contributed by atoms with Crippen molar-refractivity contribution >= 4 is 10.9 Å². The molecule has 0 radical (unpaired) electrons. The minimum absolute atomic E-state index is 0.0796. The third-order valence-corrected chi connectivity index (χ3v) is 6.10. The SMILES string of the molecule is Cc1nn(-c2cccc(CN)c2)c2c(F)c(-c3ccc(-c4ccccc4C(F)(F)F)cc3)ccc12. The number of rotatable bonds is 4. The number of hydrogen-bond donors (Lipinski definition) is 1. The van der Waals surface area contributed by atoms with Gasteiger partial charge in [0.05, 0.1) is 16.9 Å². The van der Waals surface area contributed by atoms with Crippen molar-refractivity contribution in [3.63, 3.8) is 0 Å². The molecule has 2 N–H and O–H groups in total. The van der Waals surface area contributed by atoms with E-state index < -0.39 is 17.6 Å². The molecule has 0 saturated heterocycles. The summed E-state index contributed by atoms with van der Waals surface area (Å²) in [6.07, 6.45) is -4.47. The van der Waals surface area contributed by atoms with Gasteiger partial charge in [-0.1, -0.05) is 66.7 Å². The van der Waals surface area contributed by atoms with Gasteiger partial charge >= 0.3 is 6.18 Å². The normalized spacial score (nSPS) is 11.8. The van der Waals surface area contributed by atoms with Crippen molar-refractivity contribution in [1.29, 1.82) is 0 Å². The number of alkyl halides is 3. The second-order valence-electron chi connectivity index (χ2n) is 8.32. The molecule has 5 aromatic rings. The molecule has 176 valence electrons. The summed E-state index contributed by atoms with van der Waals surface area (Å²) in [5.41, 5.74) is 9.04. The summed E-state index contributed by atoms with van der Waals surface area (Å²) in [6, 6.07) is 22.8. The van der Waals surface area contributed by atoms with Gasteiger partial charge in [-0.2, -0.15) is 18.3 Å². The Kier molecular flexibility index (Phi) is 5.65. The Labute approximate surface area is 199 Å². The van der Waals surface area contributed by atoms with Gasteiger partial charge in [-0.05, 0) is 47.4 Å². The van der Waals surface area contributed by atoms with Crippen LogP contribution in [0.1, 0.15) is 16.8 Å². The molecule has 0 atom stereocenters. The molecular weight excluding hydrogens is 454 g/mol. The van der Waals surface area contributed by atoms with E-state index in [4.69, 9.17) is 5.73 Å². The van der Waals surface area contributed by atoms with Crippen molar-refractivity contribution in [3.05, 3.63) is 108 Å². The summed E-state index contributed by atoms with van der Waals surface area (Å²) in [4.78, 5) is 0. The van der Waals surface area contributed by atoms with Gasteiger partial charge in [0, 0.05) is 17.5 Å². The Bertz CT molecular complexity index is 1530. The van der Waals surface area contributed by atoms with E-state index in [1.807, 2.05) is 37.3 Å². The topological polar surface area (TPSA) is 43.8 Å². The van der Waals surface area contributed by atoms with Crippen LogP contribution in [0.5, 0.6) is 0 Å². The summed E-state index contributed by atoms with van der Waals surface area (Å²) in [5.74, 6) is -0.454. The van der Waals surface area contributed by atoms with E-state index in [9.17, 15) is 13.2 Å². The molecule has 0 fully saturated rings. The number of nitrogens with two attached hydrogens (primary N) is 1. The molecule has 0 amide bonds. The summed E-state index contributed by atoms with van der Waals surface area (Å²) in [6.45, 7) is 2.17. The molecule has 3 nitrogen and oxygen atoms in total. The van der Waals surface area contributed by atoms with Crippen LogP contribution < -0.4 is 5.73 Å². The van der Waals surface area contributed by atoms with Gasteiger partial charge in [-0.25, -0.2) is 9.07 Å². The zero-order chi connectivity index (χ0) is 24.7. The lowest BCUT2D eigenvalue weighted by atomic mass is 9.96. The monoisotopic (exact) mass is 475 g/mol. The maximum absolute atomic E-state index is 15.9. The Balaban J connectivity index is 1.61. The fraction of sp³-hybridized carbons (Fsp3) is 0.107. The van der Waals surface area contributed by atoms with Crippen molar-refractivity contribution in [2.75, 3.05) is 0 Å². The van der Waals surface area contributed by atoms with E-state index in [0.29, 0.717) is 45.5 Å². The highest BCUT2D eigenvalue weighted by Gasteiger charge is 2.33. The van der Waals surface area contributed by atoms with E-state index in [2.05, 4.69) is 5.10 Å². The number of nitrogens with zero attached hydrogens (tertiary/aromatic N) is 2. The highest BCUT2D eigenvalue weighted by atomic mass is 19.4. The lowest BCUT2D eigenvalue weighted by molar-refractivity contribution is -0.137. The molecule has 7 heteroatoms. The van der Waals surface area contributed by atoms with Gasteiger partial charge in [0.15, 0.2) is 5.82 Å². The number of benzene rings is 4. The van der Waals surface area contributed by atoms with E-state index in [1.165, 1.54) is 12.1 Å². The van der Waals surface area contributed by atoms with Crippen LogP contribution in [-0.2, 0) is 12.7 Å². The van der Waals surface area contributed by atoms with Crippen molar-refractivity contribution in [2.45, 2.75) is 19.6 Å². The van der Waals surface area contributed by atoms with Gasteiger partial charge in [0.25, 0.3) is 0 Å². The minimum Gasteiger partial charge on any atom is -0.326 e. The fourth-order valence-corrected chi connectivity index (χ4v) is 4.35. The van der Waals surface area contributed by atoms with Crippen LogP contribution in [0.2, 0.25) is 0 Å². The molecule has 0 aliphatic heterocycles. The first-order valence-corrected chi connectivity index (χ1v) is 11.0. The van der Waals surface area contributed by atoms with E-state index in [1.54, 1.807) is 41.1 Å². The van der Waals surface area contributed by atoms with Crippen molar-refractivity contribution < 1.29 is 17.6 Å². The highest BCUT2D eigenvalue weighted by molar-refractivity contribution is 5.89. The zero-order valence-electron chi connectivity index (χ0n) is 18.8. The molecule has 5 rings (SSSR count). The fourth-order valence-electron chi connectivity index (χ4n) is 4.35. The van der Waals surface area contributed by atoms with Crippen LogP contribution in [0.4, 0.5) is 17.6 Å². The second kappa shape index (κ2) is 8.67. The van der Waals surface area contributed by atoms with Crippen LogP contribution in [0, 0.1) is 12.7 Å². The first kappa shape index (κ1) is 22.8. The zero-order valence-corrected chi connectivity index (χ0v) is 18.8. The Hall–Kier alpha value is -3.97. The average molecular weight is 475 g/mol. The maximum Gasteiger partial charge on any atom is 0.417 e. The van der Waals surface area contributed by atoms with Gasteiger partial charge in [-0.15, -0.1) is 0 Å². The van der Waals surface area contributed by atoms with E-state index in [-0.39, 0.29) is 5.56 Å². The Morgan fingerprint density at radius 3 is 2.20 bits per heavy atom. The van der Waals surface area contributed by atoms with Crippen LogP contribution >= 0.6 is 0 Å². The second-order valence-corrected chi connectivity index (χ2v) is 8.32. The summed E-state index contributed by atoms with van der Waals surface area (Å²) in [7, 11) is 0. The third-order valence-electron chi connectivity index (χ3n) is 6.10. The first-order valence-electron chi connectivity index (χ1n) is 11.0. The van der Waals surface area contributed by atoms with Crippen LogP contribution in [0.3, 0.4) is 0 Å². The Morgan fingerprint density at radius 2 is 1.51 bits per heavy atom. The van der Waals surface area contributed by atoms with Crippen molar-refractivity contribution in [2.24, 2.45) is 5.73 Å². The highest BCUT2D eigenvalue weighted by Crippen LogP contribution is 2.38. The molecule has 35 heavy (non-hydrogen) atoms. The molecule has 1 heterocycles. The van der Waals surface area contributed by atoms with Gasteiger partial charge in [0.1, 0.15) is 5.52 Å².